The lowest BCUT2D eigenvalue weighted by Gasteiger charge is -2.26. The van der Waals surface area contributed by atoms with E-state index in [1.807, 2.05) is 0 Å². The van der Waals surface area contributed by atoms with Crippen molar-refractivity contribution in [3.05, 3.63) is 96.7 Å². The van der Waals surface area contributed by atoms with Gasteiger partial charge in [-0.05, 0) is 48.6 Å². The SMILES string of the molecule is C=C(c1c[nH]c2ccccc12)C(Nc1cccc(C)c1)C(C)/C=C\C=C/CC. The molecule has 2 unspecified atom stereocenters. The summed E-state index contributed by atoms with van der Waals surface area (Å²) in [6, 6.07) is 17.0. The number of aromatic amines is 1. The topological polar surface area (TPSA) is 27.8 Å². The number of rotatable bonds is 8. The number of allylic oxidation sites excluding steroid dienone is 3. The van der Waals surface area contributed by atoms with Crippen molar-refractivity contribution in [2.45, 2.75) is 33.2 Å². The van der Waals surface area contributed by atoms with Crippen LogP contribution in [0.3, 0.4) is 0 Å². The van der Waals surface area contributed by atoms with Crippen molar-refractivity contribution >= 4 is 22.2 Å². The van der Waals surface area contributed by atoms with Crippen LogP contribution in [0.25, 0.3) is 16.5 Å². The van der Waals surface area contributed by atoms with Crippen LogP contribution in [0, 0.1) is 12.8 Å². The quantitative estimate of drug-likeness (QED) is 0.406. The number of aryl methyl sites for hydroxylation is 1. The minimum atomic E-state index is 0.0901. The lowest BCUT2D eigenvalue weighted by molar-refractivity contribution is 0.680. The van der Waals surface area contributed by atoms with E-state index in [9.17, 15) is 0 Å². The van der Waals surface area contributed by atoms with Gasteiger partial charge in [0.15, 0.2) is 0 Å². The second-order valence-corrected chi connectivity index (χ2v) is 7.35. The van der Waals surface area contributed by atoms with Crippen molar-refractivity contribution in [2.24, 2.45) is 5.92 Å². The molecule has 2 atom stereocenters. The number of hydrogen-bond acceptors (Lipinski definition) is 1. The third kappa shape index (κ3) is 4.64. The fourth-order valence-electron chi connectivity index (χ4n) is 3.52. The normalized spacial score (nSPS) is 14.0. The molecule has 2 aromatic carbocycles. The minimum absolute atomic E-state index is 0.0901. The van der Waals surface area contributed by atoms with Gasteiger partial charge in [-0.2, -0.15) is 0 Å². The first-order valence-corrected chi connectivity index (χ1v) is 10.0. The summed E-state index contributed by atoms with van der Waals surface area (Å²) >= 11 is 0. The van der Waals surface area contributed by atoms with Gasteiger partial charge in [0.25, 0.3) is 0 Å². The molecule has 1 heterocycles. The number of nitrogens with one attached hydrogen (secondary N) is 2. The second kappa shape index (κ2) is 9.27. The zero-order valence-corrected chi connectivity index (χ0v) is 17.1. The van der Waals surface area contributed by atoms with Gasteiger partial charge in [0, 0.05) is 28.4 Å². The molecule has 1 aromatic heterocycles. The number of benzene rings is 2. The van der Waals surface area contributed by atoms with Gasteiger partial charge in [-0.1, -0.05) is 75.1 Å². The second-order valence-electron chi connectivity index (χ2n) is 7.35. The highest BCUT2D eigenvalue weighted by Gasteiger charge is 2.21. The van der Waals surface area contributed by atoms with Gasteiger partial charge < -0.3 is 10.3 Å². The summed E-state index contributed by atoms with van der Waals surface area (Å²) < 4.78 is 0. The zero-order chi connectivity index (χ0) is 19.9. The van der Waals surface area contributed by atoms with Crippen LogP contribution < -0.4 is 5.32 Å². The molecule has 0 radical (unpaired) electrons. The highest BCUT2D eigenvalue weighted by molar-refractivity contribution is 5.93. The molecular weight excluding hydrogens is 340 g/mol. The van der Waals surface area contributed by atoms with Gasteiger partial charge >= 0.3 is 0 Å². The Morgan fingerprint density at radius 1 is 1.14 bits per heavy atom. The Morgan fingerprint density at radius 2 is 1.96 bits per heavy atom. The highest BCUT2D eigenvalue weighted by Crippen LogP contribution is 2.31. The van der Waals surface area contributed by atoms with Crippen LogP contribution >= 0.6 is 0 Å². The van der Waals surface area contributed by atoms with Crippen molar-refractivity contribution in [1.82, 2.24) is 4.98 Å². The van der Waals surface area contributed by atoms with E-state index in [0.717, 1.165) is 23.2 Å². The van der Waals surface area contributed by atoms with Gasteiger partial charge in [0.05, 0.1) is 6.04 Å². The average molecular weight is 371 g/mol. The van der Waals surface area contributed by atoms with E-state index >= 15 is 0 Å². The maximum absolute atomic E-state index is 4.50. The van der Waals surface area contributed by atoms with Gasteiger partial charge in [-0.15, -0.1) is 0 Å². The number of para-hydroxylation sites is 1. The summed E-state index contributed by atoms with van der Waals surface area (Å²) in [5.74, 6) is 0.281. The number of hydrogen-bond donors (Lipinski definition) is 2. The van der Waals surface area contributed by atoms with Crippen LogP contribution in [-0.2, 0) is 0 Å². The summed E-state index contributed by atoms with van der Waals surface area (Å²) in [6.45, 7) is 11.0. The molecule has 144 valence electrons. The van der Waals surface area contributed by atoms with Crippen molar-refractivity contribution in [3.63, 3.8) is 0 Å². The van der Waals surface area contributed by atoms with E-state index < -0.39 is 0 Å². The van der Waals surface area contributed by atoms with Crippen molar-refractivity contribution in [1.29, 1.82) is 0 Å². The van der Waals surface area contributed by atoms with Crippen molar-refractivity contribution in [2.75, 3.05) is 5.32 Å². The van der Waals surface area contributed by atoms with Gasteiger partial charge in [0.2, 0.25) is 0 Å². The standard InChI is InChI=1S/C26H30N2/c1-5-6-7-8-13-20(3)26(28-22-14-11-12-19(2)17-22)21(4)24-18-27-25-16-10-9-15-23(24)25/h6-18,20,26-28H,4-5H2,1-3H3/b7-6-,13-8-. The Bertz CT molecular complexity index is 990. The molecule has 28 heavy (non-hydrogen) atoms. The Kier molecular flexibility index (Phi) is 6.54. The summed E-state index contributed by atoms with van der Waals surface area (Å²) in [7, 11) is 0. The van der Waals surface area contributed by atoms with Crippen LogP contribution in [0.2, 0.25) is 0 Å². The first-order chi connectivity index (χ1) is 13.6. The first kappa shape index (κ1) is 19.8. The molecule has 0 bridgehead atoms. The Hall–Kier alpha value is -3.00. The van der Waals surface area contributed by atoms with Crippen molar-refractivity contribution < 1.29 is 0 Å². The molecule has 0 aliphatic heterocycles. The predicted octanol–water partition coefficient (Wildman–Crippen LogP) is 7.13. The van der Waals surface area contributed by atoms with E-state index in [-0.39, 0.29) is 12.0 Å². The highest BCUT2D eigenvalue weighted by atomic mass is 14.9. The average Bonchev–Trinajstić information content (AvgIpc) is 3.13. The van der Waals surface area contributed by atoms with Crippen LogP contribution in [0.15, 0.2) is 85.6 Å². The molecule has 3 rings (SSSR count). The number of fused-ring (bicyclic) bond motifs is 1. The summed E-state index contributed by atoms with van der Waals surface area (Å²) in [5, 5.41) is 4.94. The van der Waals surface area contributed by atoms with Gasteiger partial charge in [-0.25, -0.2) is 0 Å². The molecule has 2 heteroatoms. The third-order valence-electron chi connectivity index (χ3n) is 5.07. The molecule has 0 spiro atoms. The predicted molar refractivity (Wildman–Crippen MR) is 124 cm³/mol. The Labute approximate surface area is 168 Å². The number of H-pyrrole nitrogens is 1. The van der Waals surface area contributed by atoms with E-state index in [0.29, 0.717) is 0 Å². The lowest BCUT2D eigenvalue weighted by atomic mass is 9.89. The van der Waals surface area contributed by atoms with E-state index in [2.05, 4.69) is 117 Å². The molecule has 2 N–H and O–H groups in total. The monoisotopic (exact) mass is 370 g/mol. The molecule has 0 saturated heterocycles. The van der Waals surface area contributed by atoms with Crippen LogP contribution in [-0.4, -0.2) is 11.0 Å². The van der Waals surface area contributed by atoms with Crippen LogP contribution in [0.5, 0.6) is 0 Å². The Balaban J connectivity index is 1.93. The minimum Gasteiger partial charge on any atom is -0.378 e. The lowest BCUT2D eigenvalue weighted by Crippen LogP contribution is -2.27. The maximum atomic E-state index is 4.50. The largest absolute Gasteiger partial charge is 0.378 e. The van der Waals surface area contributed by atoms with Crippen LogP contribution in [0.1, 0.15) is 31.4 Å². The van der Waals surface area contributed by atoms with Gasteiger partial charge in [-0.3, -0.25) is 0 Å². The molecule has 0 aliphatic carbocycles. The fraction of sp³-hybridized carbons (Fsp3) is 0.231. The first-order valence-electron chi connectivity index (χ1n) is 10.0. The van der Waals surface area contributed by atoms with E-state index in [1.165, 1.54) is 16.5 Å². The maximum Gasteiger partial charge on any atom is 0.0574 e. The Morgan fingerprint density at radius 3 is 2.75 bits per heavy atom. The molecule has 0 amide bonds. The number of aromatic nitrogens is 1. The smallest absolute Gasteiger partial charge is 0.0574 e. The number of anilines is 1. The van der Waals surface area contributed by atoms with Crippen molar-refractivity contribution in [3.8, 4) is 0 Å². The summed E-state index contributed by atoms with van der Waals surface area (Å²) in [6.07, 6.45) is 11.8. The molecular formula is C26H30N2. The molecule has 0 aliphatic rings. The van der Waals surface area contributed by atoms with Crippen LogP contribution in [0.4, 0.5) is 5.69 Å². The molecule has 2 nitrogen and oxygen atoms in total. The zero-order valence-electron chi connectivity index (χ0n) is 17.1. The third-order valence-corrected chi connectivity index (χ3v) is 5.07. The summed E-state index contributed by atoms with van der Waals surface area (Å²) in [4.78, 5) is 3.38. The van der Waals surface area contributed by atoms with E-state index in [1.54, 1.807) is 0 Å². The van der Waals surface area contributed by atoms with E-state index in [4.69, 9.17) is 0 Å². The molecule has 0 fully saturated rings. The van der Waals surface area contributed by atoms with Gasteiger partial charge in [0.1, 0.15) is 0 Å². The fourth-order valence-corrected chi connectivity index (χ4v) is 3.52. The summed E-state index contributed by atoms with van der Waals surface area (Å²) in [5.41, 5.74) is 5.77. The molecule has 3 aromatic rings. The molecule has 0 saturated carbocycles.